The van der Waals surface area contributed by atoms with E-state index >= 15 is 0 Å². The van der Waals surface area contributed by atoms with Crippen molar-refractivity contribution in [2.45, 2.75) is 25.3 Å². The van der Waals surface area contributed by atoms with Crippen molar-refractivity contribution in [1.82, 2.24) is 9.71 Å². The standard InChI is InChI=1S/C19H20N2O4S2/c1-13-10-17(24-3)18(11-14(13)2)27(22,23)21-12-15-4-6-16(7-5-15)25-19-20-8-9-26-19/h4-11,21H,12H2,1-3H3. The van der Waals surface area contributed by atoms with E-state index < -0.39 is 10.0 Å². The first-order valence-corrected chi connectivity index (χ1v) is 10.6. The van der Waals surface area contributed by atoms with Crippen LogP contribution in [-0.4, -0.2) is 20.5 Å². The lowest BCUT2D eigenvalue weighted by Crippen LogP contribution is -2.24. The number of thiazole rings is 1. The summed E-state index contributed by atoms with van der Waals surface area (Å²) in [5.74, 6) is 0.977. The molecule has 0 fully saturated rings. The molecule has 0 amide bonds. The molecule has 3 rings (SSSR count). The van der Waals surface area contributed by atoms with E-state index in [1.54, 1.807) is 30.5 Å². The molecule has 0 saturated heterocycles. The van der Waals surface area contributed by atoms with Gasteiger partial charge in [0, 0.05) is 18.1 Å². The number of hydrogen-bond donors (Lipinski definition) is 1. The normalized spacial score (nSPS) is 11.4. The van der Waals surface area contributed by atoms with Crippen molar-refractivity contribution in [3.8, 4) is 16.7 Å². The van der Waals surface area contributed by atoms with Crippen LogP contribution in [0.4, 0.5) is 0 Å². The summed E-state index contributed by atoms with van der Waals surface area (Å²) < 4.78 is 38.9. The first-order chi connectivity index (χ1) is 12.9. The van der Waals surface area contributed by atoms with E-state index in [2.05, 4.69) is 9.71 Å². The van der Waals surface area contributed by atoms with Gasteiger partial charge in [0.05, 0.1) is 7.11 Å². The molecule has 0 saturated carbocycles. The minimum absolute atomic E-state index is 0.136. The first kappa shape index (κ1) is 19.3. The molecule has 0 aliphatic heterocycles. The summed E-state index contributed by atoms with van der Waals surface area (Å²) in [6.07, 6.45) is 1.67. The zero-order valence-electron chi connectivity index (χ0n) is 15.2. The Morgan fingerprint density at radius 2 is 1.81 bits per heavy atom. The lowest BCUT2D eigenvalue weighted by atomic mass is 10.1. The molecule has 8 heteroatoms. The zero-order chi connectivity index (χ0) is 19.4. The molecule has 0 radical (unpaired) electrons. The zero-order valence-corrected chi connectivity index (χ0v) is 16.9. The van der Waals surface area contributed by atoms with E-state index in [4.69, 9.17) is 9.47 Å². The van der Waals surface area contributed by atoms with Crippen molar-refractivity contribution in [2.75, 3.05) is 7.11 Å². The summed E-state index contributed by atoms with van der Waals surface area (Å²) >= 11 is 1.40. The third-order valence-electron chi connectivity index (χ3n) is 4.07. The highest BCUT2D eigenvalue weighted by molar-refractivity contribution is 7.89. The molecular formula is C19H20N2O4S2. The molecule has 1 aromatic heterocycles. The van der Waals surface area contributed by atoms with Gasteiger partial charge in [-0.25, -0.2) is 18.1 Å². The summed E-state index contributed by atoms with van der Waals surface area (Å²) in [6, 6.07) is 10.5. The van der Waals surface area contributed by atoms with Crippen molar-refractivity contribution in [2.24, 2.45) is 0 Å². The highest BCUT2D eigenvalue weighted by atomic mass is 32.2. The van der Waals surface area contributed by atoms with Crippen molar-refractivity contribution >= 4 is 21.4 Å². The number of aromatic nitrogens is 1. The molecule has 27 heavy (non-hydrogen) atoms. The SMILES string of the molecule is COc1cc(C)c(C)cc1S(=O)(=O)NCc1ccc(Oc2nccs2)cc1. The van der Waals surface area contributed by atoms with E-state index in [0.29, 0.717) is 16.7 Å². The number of nitrogens with one attached hydrogen (secondary N) is 1. The third-order valence-corrected chi connectivity index (χ3v) is 6.14. The molecule has 0 aliphatic carbocycles. The van der Waals surface area contributed by atoms with Crippen molar-refractivity contribution in [3.63, 3.8) is 0 Å². The van der Waals surface area contributed by atoms with Crippen LogP contribution in [0, 0.1) is 13.8 Å². The number of methoxy groups -OCH3 is 1. The van der Waals surface area contributed by atoms with Crippen LogP contribution < -0.4 is 14.2 Å². The Bertz CT molecular complexity index is 1010. The molecule has 6 nitrogen and oxygen atoms in total. The largest absolute Gasteiger partial charge is 0.495 e. The molecule has 0 aliphatic rings. The number of nitrogens with zero attached hydrogens (tertiary/aromatic N) is 1. The molecule has 0 unspecified atom stereocenters. The number of rotatable bonds is 7. The quantitative estimate of drug-likeness (QED) is 0.643. The Balaban J connectivity index is 1.71. The highest BCUT2D eigenvalue weighted by Gasteiger charge is 2.20. The van der Waals surface area contributed by atoms with Crippen LogP contribution in [0.2, 0.25) is 0 Å². The number of sulfonamides is 1. The molecule has 1 heterocycles. The second kappa shape index (κ2) is 8.08. The Kier molecular flexibility index (Phi) is 5.79. The fraction of sp³-hybridized carbons (Fsp3) is 0.211. The summed E-state index contributed by atoms with van der Waals surface area (Å²) in [4.78, 5) is 4.19. The smallest absolute Gasteiger partial charge is 0.278 e. The Morgan fingerprint density at radius 3 is 2.44 bits per heavy atom. The average molecular weight is 405 g/mol. The van der Waals surface area contributed by atoms with E-state index in [0.717, 1.165) is 16.7 Å². The van der Waals surface area contributed by atoms with Crippen molar-refractivity contribution in [1.29, 1.82) is 0 Å². The highest BCUT2D eigenvalue weighted by Crippen LogP contribution is 2.27. The van der Waals surface area contributed by atoms with Gasteiger partial charge in [-0.05, 0) is 54.8 Å². The predicted octanol–water partition coefficient (Wildman–Crippen LogP) is 4.04. The van der Waals surface area contributed by atoms with Gasteiger partial charge in [0.15, 0.2) is 0 Å². The Labute approximate surface area is 162 Å². The maximum absolute atomic E-state index is 12.7. The average Bonchev–Trinajstić information content (AvgIpc) is 3.16. The van der Waals surface area contributed by atoms with Crippen LogP contribution in [0.1, 0.15) is 16.7 Å². The van der Waals surface area contributed by atoms with Crippen LogP contribution in [-0.2, 0) is 16.6 Å². The summed E-state index contributed by atoms with van der Waals surface area (Å²) in [6.45, 7) is 3.95. The van der Waals surface area contributed by atoms with E-state index in [-0.39, 0.29) is 11.4 Å². The summed E-state index contributed by atoms with van der Waals surface area (Å²) in [5, 5.41) is 2.39. The van der Waals surface area contributed by atoms with Crippen molar-refractivity contribution in [3.05, 3.63) is 64.7 Å². The maximum atomic E-state index is 12.7. The maximum Gasteiger partial charge on any atom is 0.278 e. The molecule has 142 valence electrons. The number of benzene rings is 2. The minimum atomic E-state index is -3.71. The Morgan fingerprint density at radius 1 is 1.11 bits per heavy atom. The number of hydrogen-bond acceptors (Lipinski definition) is 6. The van der Waals surface area contributed by atoms with Gasteiger partial charge in [-0.2, -0.15) is 0 Å². The van der Waals surface area contributed by atoms with Crippen LogP contribution in [0.3, 0.4) is 0 Å². The second-order valence-corrected chi connectivity index (χ2v) is 8.55. The predicted molar refractivity (Wildman–Crippen MR) is 105 cm³/mol. The lowest BCUT2D eigenvalue weighted by Gasteiger charge is -2.13. The lowest BCUT2D eigenvalue weighted by molar-refractivity contribution is 0.402. The number of ether oxygens (including phenoxy) is 2. The first-order valence-electron chi connectivity index (χ1n) is 8.20. The van der Waals surface area contributed by atoms with Gasteiger partial charge in [-0.3, -0.25) is 0 Å². The van der Waals surface area contributed by atoms with Crippen LogP contribution >= 0.6 is 11.3 Å². The van der Waals surface area contributed by atoms with Crippen LogP contribution in [0.5, 0.6) is 16.7 Å². The van der Waals surface area contributed by atoms with Gasteiger partial charge in [-0.1, -0.05) is 23.5 Å². The van der Waals surface area contributed by atoms with Crippen molar-refractivity contribution < 1.29 is 17.9 Å². The third kappa shape index (κ3) is 4.65. The molecule has 0 atom stereocenters. The molecule has 1 N–H and O–H groups in total. The summed E-state index contributed by atoms with van der Waals surface area (Å²) in [5.41, 5.74) is 2.68. The van der Waals surface area contributed by atoms with Gasteiger partial charge in [-0.15, -0.1) is 0 Å². The molecule has 0 spiro atoms. The Hall–Kier alpha value is -2.42. The topological polar surface area (TPSA) is 77.5 Å². The summed E-state index contributed by atoms with van der Waals surface area (Å²) in [7, 11) is -2.24. The monoisotopic (exact) mass is 404 g/mol. The van der Waals surface area contributed by atoms with Gasteiger partial charge >= 0.3 is 0 Å². The number of aryl methyl sites for hydroxylation is 2. The van der Waals surface area contributed by atoms with E-state index in [1.807, 2.05) is 31.4 Å². The fourth-order valence-corrected chi connectivity index (χ4v) is 4.18. The van der Waals surface area contributed by atoms with E-state index in [9.17, 15) is 8.42 Å². The fourth-order valence-electron chi connectivity index (χ4n) is 2.43. The minimum Gasteiger partial charge on any atom is -0.495 e. The van der Waals surface area contributed by atoms with Crippen LogP contribution in [0.25, 0.3) is 0 Å². The van der Waals surface area contributed by atoms with E-state index in [1.165, 1.54) is 18.4 Å². The van der Waals surface area contributed by atoms with Gasteiger partial charge in [0.1, 0.15) is 16.4 Å². The molecule has 0 bridgehead atoms. The second-order valence-electron chi connectivity index (χ2n) is 5.96. The van der Waals surface area contributed by atoms with Gasteiger partial charge < -0.3 is 9.47 Å². The molecule has 3 aromatic rings. The van der Waals surface area contributed by atoms with Crippen LogP contribution in [0.15, 0.2) is 52.9 Å². The molecular weight excluding hydrogens is 384 g/mol. The van der Waals surface area contributed by atoms with Gasteiger partial charge in [0.2, 0.25) is 10.0 Å². The van der Waals surface area contributed by atoms with Gasteiger partial charge in [0.25, 0.3) is 5.19 Å². The molecule has 2 aromatic carbocycles.